The van der Waals surface area contributed by atoms with Gasteiger partial charge in [0.2, 0.25) is 0 Å². The van der Waals surface area contributed by atoms with E-state index in [0.717, 1.165) is 18.5 Å². The zero-order valence-electron chi connectivity index (χ0n) is 6.83. The van der Waals surface area contributed by atoms with Crippen LogP contribution >= 0.6 is 11.6 Å². The van der Waals surface area contributed by atoms with Crippen LogP contribution in [0.15, 0.2) is 6.33 Å². The van der Waals surface area contributed by atoms with Crippen LogP contribution in [-0.4, -0.2) is 16.1 Å². The maximum atomic E-state index is 5.91. The summed E-state index contributed by atoms with van der Waals surface area (Å²) in [5.74, 6) is 0. The van der Waals surface area contributed by atoms with Gasteiger partial charge < -0.3 is 10.3 Å². The molecule has 12 heavy (non-hydrogen) atoms. The summed E-state index contributed by atoms with van der Waals surface area (Å²) >= 11 is 5.91. The van der Waals surface area contributed by atoms with Crippen molar-refractivity contribution in [1.29, 1.82) is 0 Å². The van der Waals surface area contributed by atoms with Crippen molar-refractivity contribution in [3.8, 4) is 0 Å². The molecule has 2 N–H and O–H groups in total. The van der Waals surface area contributed by atoms with Crippen LogP contribution in [0, 0.1) is 0 Å². The fourth-order valence-electron chi connectivity index (χ4n) is 1.79. The molecule has 1 aliphatic rings. The molecule has 0 saturated heterocycles. The molecule has 4 heteroatoms. The predicted molar refractivity (Wildman–Crippen MR) is 48.3 cm³/mol. The van der Waals surface area contributed by atoms with Gasteiger partial charge in [-0.3, -0.25) is 0 Å². The van der Waals surface area contributed by atoms with Crippen LogP contribution in [0.4, 0.5) is 0 Å². The first-order valence-electron chi connectivity index (χ1n) is 4.24. The van der Waals surface area contributed by atoms with E-state index in [9.17, 15) is 0 Å². The highest BCUT2D eigenvalue weighted by molar-refractivity contribution is 6.30. The molecule has 0 fully saturated rings. The van der Waals surface area contributed by atoms with Crippen LogP contribution in [0.5, 0.6) is 0 Å². The number of aromatic nitrogens is 2. The molecular weight excluding hydrogens is 174 g/mol. The van der Waals surface area contributed by atoms with Gasteiger partial charge in [0.1, 0.15) is 5.15 Å². The Balaban J connectivity index is 2.38. The molecule has 1 aliphatic heterocycles. The molecule has 2 heterocycles. The number of hydrogen-bond acceptors (Lipinski definition) is 2. The highest BCUT2D eigenvalue weighted by Crippen LogP contribution is 2.27. The lowest BCUT2D eigenvalue weighted by molar-refractivity contribution is 0.410. The molecule has 0 aliphatic carbocycles. The standard InChI is InChI=1S/C8H12ClN3/c9-8-7-3-1-2-6(4-10)12(7)5-11-8/h5-6H,1-4,10H2. The van der Waals surface area contributed by atoms with Crippen LogP contribution in [0.2, 0.25) is 5.15 Å². The Morgan fingerprint density at radius 3 is 3.33 bits per heavy atom. The molecule has 0 saturated carbocycles. The van der Waals surface area contributed by atoms with Gasteiger partial charge >= 0.3 is 0 Å². The van der Waals surface area contributed by atoms with E-state index in [0.29, 0.717) is 17.7 Å². The van der Waals surface area contributed by atoms with Crippen LogP contribution in [0.1, 0.15) is 24.6 Å². The quantitative estimate of drug-likeness (QED) is 0.719. The Labute approximate surface area is 76.5 Å². The SMILES string of the molecule is NCC1CCCc2c(Cl)ncn21. The molecule has 3 nitrogen and oxygen atoms in total. The minimum Gasteiger partial charge on any atom is -0.329 e. The van der Waals surface area contributed by atoms with E-state index >= 15 is 0 Å². The van der Waals surface area contributed by atoms with Gasteiger partial charge in [0.05, 0.1) is 12.0 Å². The lowest BCUT2D eigenvalue weighted by Crippen LogP contribution is -2.23. The summed E-state index contributed by atoms with van der Waals surface area (Å²) < 4.78 is 2.12. The highest BCUT2D eigenvalue weighted by Gasteiger charge is 2.20. The normalized spacial score (nSPS) is 22.3. The molecule has 1 atom stereocenters. The van der Waals surface area contributed by atoms with Gasteiger partial charge in [0.15, 0.2) is 0 Å². The van der Waals surface area contributed by atoms with E-state index in [1.54, 1.807) is 6.33 Å². The van der Waals surface area contributed by atoms with E-state index < -0.39 is 0 Å². The maximum absolute atomic E-state index is 5.91. The van der Waals surface area contributed by atoms with Crippen molar-refractivity contribution in [2.45, 2.75) is 25.3 Å². The molecule has 0 amide bonds. The second-order valence-corrected chi connectivity index (χ2v) is 3.53. The fraction of sp³-hybridized carbons (Fsp3) is 0.625. The number of imidazole rings is 1. The van der Waals surface area contributed by atoms with E-state index in [-0.39, 0.29) is 0 Å². The Hall–Kier alpha value is -0.540. The third kappa shape index (κ3) is 1.13. The lowest BCUT2D eigenvalue weighted by Gasteiger charge is -2.23. The van der Waals surface area contributed by atoms with Crippen molar-refractivity contribution in [3.05, 3.63) is 17.2 Å². The zero-order chi connectivity index (χ0) is 8.55. The highest BCUT2D eigenvalue weighted by atomic mass is 35.5. The third-order valence-electron chi connectivity index (χ3n) is 2.46. The van der Waals surface area contributed by atoms with Crippen molar-refractivity contribution in [2.24, 2.45) is 5.73 Å². The van der Waals surface area contributed by atoms with Crippen molar-refractivity contribution in [2.75, 3.05) is 6.54 Å². The average molecular weight is 186 g/mol. The Morgan fingerprint density at radius 1 is 1.75 bits per heavy atom. The Morgan fingerprint density at radius 2 is 2.58 bits per heavy atom. The smallest absolute Gasteiger partial charge is 0.150 e. The van der Waals surface area contributed by atoms with E-state index in [4.69, 9.17) is 17.3 Å². The van der Waals surface area contributed by atoms with Crippen molar-refractivity contribution < 1.29 is 0 Å². The third-order valence-corrected chi connectivity index (χ3v) is 2.78. The summed E-state index contributed by atoms with van der Waals surface area (Å²) in [4.78, 5) is 4.07. The number of nitrogens with zero attached hydrogens (tertiary/aromatic N) is 2. The summed E-state index contributed by atoms with van der Waals surface area (Å²) in [7, 11) is 0. The Bertz CT molecular complexity index is 282. The number of fused-ring (bicyclic) bond motifs is 1. The first-order chi connectivity index (χ1) is 5.83. The molecule has 1 aromatic rings. The van der Waals surface area contributed by atoms with Gasteiger partial charge in [-0.15, -0.1) is 0 Å². The van der Waals surface area contributed by atoms with Gasteiger partial charge in [-0.25, -0.2) is 4.98 Å². The van der Waals surface area contributed by atoms with Crippen molar-refractivity contribution >= 4 is 11.6 Å². The molecule has 0 spiro atoms. The lowest BCUT2D eigenvalue weighted by atomic mass is 10.0. The summed E-state index contributed by atoms with van der Waals surface area (Å²) in [5.41, 5.74) is 6.79. The number of nitrogens with two attached hydrogens (primary N) is 1. The van der Waals surface area contributed by atoms with E-state index in [1.165, 1.54) is 6.42 Å². The van der Waals surface area contributed by atoms with Crippen molar-refractivity contribution in [3.63, 3.8) is 0 Å². The summed E-state index contributed by atoms with van der Waals surface area (Å²) in [5, 5.41) is 0.646. The monoisotopic (exact) mass is 185 g/mol. The minimum absolute atomic E-state index is 0.411. The van der Waals surface area contributed by atoms with Gasteiger partial charge in [-0.2, -0.15) is 0 Å². The second-order valence-electron chi connectivity index (χ2n) is 3.17. The van der Waals surface area contributed by atoms with Crippen LogP contribution in [-0.2, 0) is 6.42 Å². The molecule has 1 unspecified atom stereocenters. The summed E-state index contributed by atoms with van der Waals surface area (Å²) in [6.07, 6.45) is 5.16. The van der Waals surface area contributed by atoms with Crippen molar-refractivity contribution in [1.82, 2.24) is 9.55 Å². The summed E-state index contributed by atoms with van der Waals surface area (Å²) in [6, 6.07) is 0.411. The molecule has 66 valence electrons. The van der Waals surface area contributed by atoms with Crippen LogP contribution in [0.25, 0.3) is 0 Å². The molecule has 0 bridgehead atoms. The number of rotatable bonds is 1. The first-order valence-corrected chi connectivity index (χ1v) is 4.62. The number of halogens is 1. The van der Waals surface area contributed by atoms with Crippen LogP contribution < -0.4 is 5.73 Å². The second kappa shape index (κ2) is 3.07. The predicted octanol–water partition coefficient (Wildman–Crippen LogP) is 1.37. The topological polar surface area (TPSA) is 43.8 Å². The zero-order valence-corrected chi connectivity index (χ0v) is 7.59. The largest absolute Gasteiger partial charge is 0.329 e. The fourth-order valence-corrected chi connectivity index (χ4v) is 2.02. The van der Waals surface area contributed by atoms with Crippen LogP contribution in [0.3, 0.4) is 0 Å². The minimum atomic E-state index is 0.411. The maximum Gasteiger partial charge on any atom is 0.150 e. The summed E-state index contributed by atoms with van der Waals surface area (Å²) in [6.45, 7) is 0.680. The molecule has 1 aromatic heterocycles. The first kappa shape index (κ1) is 8.08. The van der Waals surface area contributed by atoms with Gasteiger partial charge in [0, 0.05) is 12.6 Å². The molecule has 0 radical (unpaired) electrons. The molecule has 0 aromatic carbocycles. The van der Waals surface area contributed by atoms with E-state index in [1.807, 2.05) is 0 Å². The Kier molecular flexibility index (Phi) is 2.07. The number of hydrogen-bond donors (Lipinski definition) is 1. The average Bonchev–Trinajstić information content (AvgIpc) is 2.48. The van der Waals surface area contributed by atoms with Gasteiger partial charge in [-0.1, -0.05) is 11.6 Å². The van der Waals surface area contributed by atoms with Gasteiger partial charge in [0.25, 0.3) is 0 Å². The molecule has 2 rings (SSSR count). The van der Waals surface area contributed by atoms with E-state index in [2.05, 4.69) is 9.55 Å². The van der Waals surface area contributed by atoms with Gasteiger partial charge in [-0.05, 0) is 19.3 Å². The molecular formula is C8H12ClN3.